The maximum absolute atomic E-state index is 11.1. The standard InChI is InChI=1S/C10H8ClO/c11-8-3-1-7(2-4-8)9-5-6-10(9)12/h1-5,9H,6H2. The number of halogens is 1. The van der Waals surface area contributed by atoms with Crippen LogP contribution in [0.2, 0.25) is 5.02 Å². The summed E-state index contributed by atoms with van der Waals surface area (Å²) in [6.45, 7) is 0. The fraction of sp³-hybridized carbons (Fsp3) is 0.200. The van der Waals surface area contributed by atoms with Crippen LogP contribution in [-0.4, -0.2) is 5.78 Å². The predicted octanol–water partition coefficient (Wildman–Crippen LogP) is 2.60. The Labute approximate surface area is 76.4 Å². The number of rotatable bonds is 1. The Balaban J connectivity index is 2.23. The molecule has 0 amide bonds. The number of Topliss-reactive ketones (excluding diaryl/α,β-unsaturated/α-hetero) is 1. The van der Waals surface area contributed by atoms with Crippen molar-refractivity contribution in [1.82, 2.24) is 0 Å². The summed E-state index contributed by atoms with van der Waals surface area (Å²) in [6, 6.07) is 7.44. The van der Waals surface area contributed by atoms with Crippen LogP contribution in [0.25, 0.3) is 0 Å². The van der Waals surface area contributed by atoms with E-state index in [4.69, 9.17) is 11.6 Å². The molecule has 1 aromatic carbocycles. The molecule has 1 atom stereocenters. The van der Waals surface area contributed by atoms with Crippen molar-refractivity contribution >= 4 is 17.4 Å². The molecule has 1 nitrogen and oxygen atoms in total. The molecule has 0 aromatic heterocycles. The fourth-order valence-electron chi connectivity index (χ4n) is 1.32. The second-order valence-corrected chi connectivity index (χ2v) is 3.37. The zero-order valence-electron chi connectivity index (χ0n) is 6.46. The molecule has 2 rings (SSSR count). The highest BCUT2D eigenvalue weighted by Crippen LogP contribution is 2.32. The maximum Gasteiger partial charge on any atom is 0.140 e. The van der Waals surface area contributed by atoms with E-state index in [1.807, 2.05) is 30.7 Å². The van der Waals surface area contributed by atoms with Crippen molar-refractivity contribution in [2.45, 2.75) is 12.3 Å². The number of hydrogen-bond acceptors (Lipinski definition) is 1. The molecule has 0 aliphatic heterocycles. The van der Waals surface area contributed by atoms with Crippen molar-refractivity contribution in [2.75, 3.05) is 0 Å². The first-order chi connectivity index (χ1) is 5.77. The summed E-state index contributed by atoms with van der Waals surface area (Å²) in [6.07, 6.45) is 2.64. The second-order valence-electron chi connectivity index (χ2n) is 2.94. The first-order valence-corrected chi connectivity index (χ1v) is 4.26. The average molecular weight is 180 g/mol. The van der Waals surface area contributed by atoms with E-state index in [0.717, 1.165) is 5.56 Å². The second kappa shape index (κ2) is 2.91. The minimum Gasteiger partial charge on any atom is -0.299 e. The van der Waals surface area contributed by atoms with Gasteiger partial charge in [-0.05, 0) is 24.1 Å². The molecular weight excluding hydrogens is 172 g/mol. The number of ketones is 1. The average Bonchev–Trinajstić information content (AvgIpc) is 2.06. The van der Waals surface area contributed by atoms with Gasteiger partial charge >= 0.3 is 0 Å². The van der Waals surface area contributed by atoms with Crippen LogP contribution in [0.1, 0.15) is 17.9 Å². The summed E-state index contributed by atoms with van der Waals surface area (Å²) < 4.78 is 0. The Bertz CT molecular complexity index is 302. The highest BCUT2D eigenvalue weighted by molar-refractivity contribution is 6.30. The van der Waals surface area contributed by atoms with Crippen molar-refractivity contribution in [1.29, 1.82) is 0 Å². The van der Waals surface area contributed by atoms with Gasteiger partial charge in [0.05, 0.1) is 0 Å². The third kappa shape index (κ3) is 1.25. The third-order valence-electron chi connectivity index (χ3n) is 2.13. The van der Waals surface area contributed by atoms with Crippen LogP contribution < -0.4 is 0 Å². The van der Waals surface area contributed by atoms with Crippen molar-refractivity contribution in [3.8, 4) is 0 Å². The molecule has 0 bridgehead atoms. The summed E-state index contributed by atoms with van der Waals surface area (Å²) in [4.78, 5) is 11.1. The first-order valence-electron chi connectivity index (χ1n) is 3.89. The van der Waals surface area contributed by atoms with Gasteiger partial charge in [0.15, 0.2) is 0 Å². The number of benzene rings is 1. The summed E-state index contributed by atoms with van der Waals surface area (Å²) >= 11 is 5.72. The molecule has 0 heterocycles. The van der Waals surface area contributed by atoms with E-state index < -0.39 is 0 Å². The van der Waals surface area contributed by atoms with Crippen LogP contribution in [0, 0.1) is 6.42 Å². The van der Waals surface area contributed by atoms with Gasteiger partial charge in [0.25, 0.3) is 0 Å². The minimum atomic E-state index is 0.0299. The Morgan fingerprint density at radius 3 is 2.33 bits per heavy atom. The number of carbonyl (C=O) groups is 1. The lowest BCUT2D eigenvalue weighted by Gasteiger charge is -2.23. The lowest BCUT2D eigenvalue weighted by molar-refractivity contribution is -0.122. The Hall–Kier alpha value is -0.820. The summed E-state index contributed by atoms with van der Waals surface area (Å²) in [5.74, 6) is 0.333. The van der Waals surface area contributed by atoms with Crippen molar-refractivity contribution in [3.63, 3.8) is 0 Å². The van der Waals surface area contributed by atoms with E-state index in [0.29, 0.717) is 17.2 Å². The Morgan fingerprint density at radius 1 is 1.25 bits per heavy atom. The molecule has 61 valence electrons. The normalized spacial score (nSPS) is 22.1. The topological polar surface area (TPSA) is 17.1 Å². The molecule has 0 spiro atoms. The van der Waals surface area contributed by atoms with Crippen molar-refractivity contribution in [3.05, 3.63) is 41.3 Å². The summed E-state index contributed by atoms with van der Waals surface area (Å²) in [7, 11) is 0. The zero-order valence-corrected chi connectivity index (χ0v) is 7.21. The largest absolute Gasteiger partial charge is 0.299 e. The van der Waals surface area contributed by atoms with Gasteiger partial charge in [-0.25, -0.2) is 0 Å². The smallest absolute Gasteiger partial charge is 0.140 e. The van der Waals surface area contributed by atoms with E-state index in [2.05, 4.69) is 0 Å². The molecule has 1 fully saturated rings. The SMILES string of the molecule is O=C1C[CH]C1c1ccc(Cl)cc1. The molecule has 1 radical (unpaired) electrons. The molecule has 1 saturated carbocycles. The van der Waals surface area contributed by atoms with E-state index in [9.17, 15) is 4.79 Å². The molecule has 1 aliphatic rings. The number of carbonyl (C=O) groups excluding carboxylic acids is 1. The third-order valence-corrected chi connectivity index (χ3v) is 2.38. The monoisotopic (exact) mass is 179 g/mol. The zero-order chi connectivity index (χ0) is 8.55. The fourth-order valence-corrected chi connectivity index (χ4v) is 1.45. The van der Waals surface area contributed by atoms with Crippen LogP contribution in [-0.2, 0) is 4.79 Å². The predicted molar refractivity (Wildman–Crippen MR) is 48.1 cm³/mol. The molecule has 0 N–H and O–H groups in total. The van der Waals surface area contributed by atoms with E-state index >= 15 is 0 Å². The van der Waals surface area contributed by atoms with Crippen LogP contribution in [0.3, 0.4) is 0 Å². The molecular formula is C10H8ClO. The Kier molecular flexibility index (Phi) is 1.89. The van der Waals surface area contributed by atoms with Crippen LogP contribution in [0.15, 0.2) is 24.3 Å². The van der Waals surface area contributed by atoms with Gasteiger partial charge in [-0.3, -0.25) is 4.79 Å². The van der Waals surface area contributed by atoms with Gasteiger partial charge in [0, 0.05) is 17.4 Å². The molecule has 0 saturated heterocycles. The van der Waals surface area contributed by atoms with Crippen LogP contribution >= 0.6 is 11.6 Å². The Morgan fingerprint density at radius 2 is 1.92 bits per heavy atom. The highest BCUT2D eigenvalue weighted by Gasteiger charge is 2.29. The van der Waals surface area contributed by atoms with Gasteiger partial charge in [-0.15, -0.1) is 0 Å². The molecule has 12 heavy (non-hydrogen) atoms. The quantitative estimate of drug-likeness (QED) is 0.648. The minimum absolute atomic E-state index is 0.0299. The van der Waals surface area contributed by atoms with E-state index in [-0.39, 0.29) is 5.92 Å². The molecule has 2 heteroatoms. The first kappa shape index (κ1) is 7.81. The van der Waals surface area contributed by atoms with Gasteiger partial charge in [-0.1, -0.05) is 23.7 Å². The molecule has 1 aliphatic carbocycles. The van der Waals surface area contributed by atoms with Gasteiger partial charge in [-0.2, -0.15) is 0 Å². The number of hydrogen-bond donors (Lipinski definition) is 0. The molecule has 1 aromatic rings. The maximum atomic E-state index is 11.1. The van der Waals surface area contributed by atoms with Gasteiger partial charge < -0.3 is 0 Å². The van der Waals surface area contributed by atoms with Gasteiger partial charge in [0.2, 0.25) is 0 Å². The van der Waals surface area contributed by atoms with Crippen molar-refractivity contribution < 1.29 is 4.79 Å². The van der Waals surface area contributed by atoms with Crippen LogP contribution in [0.5, 0.6) is 0 Å². The van der Waals surface area contributed by atoms with E-state index in [1.165, 1.54) is 0 Å². The molecule has 1 unspecified atom stereocenters. The summed E-state index contributed by atoms with van der Waals surface area (Å²) in [5, 5.41) is 0.713. The highest BCUT2D eigenvalue weighted by atomic mass is 35.5. The van der Waals surface area contributed by atoms with E-state index in [1.54, 1.807) is 0 Å². The summed E-state index contributed by atoms with van der Waals surface area (Å²) in [5.41, 5.74) is 1.05. The lowest BCUT2D eigenvalue weighted by Crippen LogP contribution is -2.23. The van der Waals surface area contributed by atoms with Crippen LogP contribution in [0.4, 0.5) is 0 Å². The van der Waals surface area contributed by atoms with Crippen molar-refractivity contribution in [2.24, 2.45) is 0 Å². The lowest BCUT2D eigenvalue weighted by atomic mass is 9.79. The van der Waals surface area contributed by atoms with Gasteiger partial charge in [0.1, 0.15) is 5.78 Å².